The molecular formula is C15H28N2O2. The van der Waals surface area contributed by atoms with E-state index in [1.54, 1.807) is 0 Å². The van der Waals surface area contributed by atoms with Gasteiger partial charge in [-0.1, -0.05) is 20.8 Å². The van der Waals surface area contributed by atoms with Crippen LogP contribution >= 0.6 is 0 Å². The quantitative estimate of drug-likeness (QED) is 0.819. The standard InChI is InChI=1S/C15H28N2O2/c1-10-13(16-11-7-8-17(4)9-11)6-5-12(14(18)19)15(10,2)3/h10-13,16H,5-9H2,1-4H3,(H,18,19). The average molecular weight is 268 g/mol. The van der Waals surface area contributed by atoms with Crippen LogP contribution in [-0.4, -0.2) is 48.2 Å². The summed E-state index contributed by atoms with van der Waals surface area (Å²) in [6, 6.07) is 1.04. The minimum atomic E-state index is -0.629. The molecule has 0 aromatic rings. The van der Waals surface area contributed by atoms with Gasteiger partial charge in [-0.3, -0.25) is 4.79 Å². The van der Waals surface area contributed by atoms with Crippen molar-refractivity contribution >= 4 is 5.97 Å². The summed E-state index contributed by atoms with van der Waals surface area (Å²) >= 11 is 0. The fourth-order valence-electron chi connectivity index (χ4n) is 3.85. The van der Waals surface area contributed by atoms with E-state index in [9.17, 15) is 9.90 Å². The van der Waals surface area contributed by atoms with Crippen molar-refractivity contribution in [3.8, 4) is 0 Å². The first-order valence-corrected chi connectivity index (χ1v) is 7.49. The maximum absolute atomic E-state index is 11.4. The van der Waals surface area contributed by atoms with Gasteiger partial charge in [-0.05, 0) is 44.2 Å². The van der Waals surface area contributed by atoms with Crippen molar-refractivity contribution in [1.82, 2.24) is 10.2 Å². The van der Waals surface area contributed by atoms with Gasteiger partial charge in [0, 0.05) is 18.6 Å². The number of carboxylic acid groups (broad SMARTS) is 1. The summed E-state index contributed by atoms with van der Waals surface area (Å²) in [5.74, 6) is -0.434. The van der Waals surface area contributed by atoms with Crippen molar-refractivity contribution in [3.05, 3.63) is 0 Å². The van der Waals surface area contributed by atoms with Crippen LogP contribution in [0.1, 0.15) is 40.0 Å². The Hall–Kier alpha value is -0.610. The Balaban J connectivity index is 1.99. The fraction of sp³-hybridized carbons (Fsp3) is 0.933. The molecule has 0 radical (unpaired) electrons. The predicted molar refractivity (Wildman–Crippen MR) is 76.1 cm³/mol. The molecule has 1 saturated heterocycles. The number of likely N-dealkylation sites (N-methyl/N-ethyl adjacent to an activating group) is 1. The molecule has 1 heterocycles. The van der Waals surface area contributed by atoms with E-state index >= 15 is 0 Å². The number of hydrogen-bond acceptors (Lipinski definition) is 3. The van der Waals surface area contributed by atoms with Crippen molar-refractivity contribution < 1.29 is 9.90 Å². The van der Waals surface area contributed by atoms with Gasteiger partial charge in [0.1, 0.15) is 0 Å². The Morgan fingerprint density at radius 3 is 2.53 bits per heavy atom. The summed E-state index contributed by atoms with van der Waals surface area (Å²) in [6.45, 7) is 8.73. The van der Waals surface area contributed by atoms with E-state index < -0.39 is 5.97 Å². The van der Waals surface area contributed by atoms with E-state index in [0.717, 1.165) is 19.4 Å². The van der Waals surface area contributed by atoms with Crippen LogP contribution in [0.5, 0.6) is 0 Å². The third-order valence-corrected chi connectivity index (χ3v) is 5.58. The Kier molecular flexibility index (Phi) is 4.21. The number of nitrogens with zero attached hydrogens (tertiary/aromatic N) is 1. The van der Waals surface area contributed by atoms with Gasteiger partial charge >= 0.3 is 5.97 Å². The molecule has 19 heavy (non-hydrogen) atoms. The van der Waals surface area contributed by atoms with Crippen molar-refractivity contribution in [2.24, 2.45) is 17.3 Å². The molecular weight excluding hydrogens is 240 g/mol. The van der Waals surface area contributed by atoms with Gasteiger partial charge in [0.05, 0.1) is 5.92 Å². The number of carboxylic acids is 1. The van der Waals surface area contributed by atoms with Gasteiger partial charge in [0.2, 0.25) is 0 Å². The summed E-state index contributed by atoms with van der Waals surface area (Å²) in [4.78, 5) is 13.7. The SMILES string of the molecule is CC1C(NC2CCN(C)C2)CCC(C(=O)O)C1(C)C. The highest BCUT2D eigenvalue weighted by atomic mass is 16.4. The summed E-state index contributed by atoms with van der Waals surface area (Å²) < 4.78 is 0. The zero-order chi connectivity index (χ0) is 14.2. The Morgan fingerprint density at radius 1 is 1.32 bits per heavy atom. The van der Waals surface area contributed by atoms with E-state index in [-0.39, 0.29) is 11.3 Å². The highest BCUT2D eigenvalue weighted by Crippen LogP contribution is 2.45. The smallest absolute Gasteiger partial charge is 0.307 e. The maximum atomic E-state index is 11.4. The number of rotatable bonds is 3. The number of nitrogens with one attached hydrogen (secondary N) is 1. The third kappa shape index (κ3) is 2.95. The van der Waals surface area contributed by atoms with Crippen molar-refractivity contribution in [1.29, 1.82) is 0 Å². The van der Waals surface area contributed by atoms with Crippen LogP contribution in [-0.2, 0) is 4.79 Å². The molecule has 0 bridgehead atoms. The second-order valence-corrected chi connectivity index (χ2v) is 7.10. The van der Waals surface area contributed by atoms with Gasteiger partial charge in [0.25, 0.3) is 0 Å². The minimum Gasteiger partial charge on any atom is -0.481 e. The van der Waals surface area contributed by atoms with Crippen LogP contribution in [0.15, 0.2) is 0 Å². The Labute approximate surface area is 116 Å². The molecule has 0 amide bonds. The molecule has 0 aromatic heterocycles. The van der Waals surface area contributed by atoms with Gasteiger partial charge in [0.15, 0.2) is 0 Å². The van der Waals surface area contributed by atoms with E-state index in [0.29, 0.717) is 18.0 Å². The zero-order valence-corrected chi connectivity index (χ0v) is 12.6. The number of hydrogen-bond donors (Lipinski definition) is 2. The Bertz CT molecular complexity index is 343. The molecule has 2 rings (SSSR count). The van der Waals surface area contributed by atoms with E-state index in [4.69, 9.17) is 0 Å². The lowest BCUT2D eigenvalue weighted by molar-refractivity contribution is -0.150. The van der Waals surface area contributed by atoms with E-state index in [1.165, 1.54) is 13.0 Å². The monoisotopic (exact) mass is 268 g/mol. The lowest BCUT2D eigenvalue weighted by Gasteiger charge is -2.47. The fourth-order valence-corrected chi connectivity index (χ4v) is 3.85. The van der Waals surface area contributed by atoms with Crippen LogP contribution in [0.2, 0.25) is 0 Å². The third-order valence-electron chi connectivity index (χ3n) is 5.58. The number of likely N-dealkylation sites (tertiary alicyclic amines) is 1. The molecule has 2 fully saturated rings. The first-order valence-electron chi connectivity index (χ1n) is 7.49. The van der Waals surface area contributed by atoms with E-state index in [1.807, 2.05) is 0 Å². The van der Waals surface area contributed by atoms with Gasteiger partial charge in [-0.15, -0.1) is 0 Å². The summed E-state index contributed by atoms with van der Waals surface area (Å²) in [5, 5.41) is 13.1. The molecule has 1 aliphatic carbocycles. The van der Waals surface area contributed by atoms with Crippen molar-refractivity contribution in [3.63, 3.8) is 0 Å². The molecule has 4 heteroatoms. The normalized spacial score (nSPS) is 39.4. The van der Waals surface area contributed by atoms with E-state index in [2.05, 4.69) is 38.0 Å². The minimum absolute atomic E-state index is 0.133. The predicted octanol–water partition coefficient (Wildman–Crippen LogP) is 1.81. The van der Waals surface area contributed by atoms with Crippen LogP contribution in [0.4, 0.5) is 0 Å². The van der Waals surface area contributed by atoms with Gasteiger partial charge < -0.3 is 15.3 Å². The molecule has 4 atom stereocenters. The second-order valence-electron chi connectivity index (χ2n) is 7.10. The zero-order valence-electron chi connectivity index (χ0n) is 12.6. The molecule has 0 spiro atoms. The highest BCUT2D eigenvalue weighted by molar-refractivity contribution is 5.71. The van der Waals surface area contributed by atoms with Crippen LogP contribution in [0, 0.1) is 17.3 Å². The van der Waals surface area contributed by atoms with Crippen LogP contribution in [0.25, 0.3) is 0 Å². The summed E-state index contributed by atoms with van der Waals surface area (Å²) in [6.07, 6.45) is 3.00. The number of aliphatic carboxylic acids is 1. The molecule has 2 aliphatic rings. The highest BCUT2D eigenvalue weighted by Gasteiger charge is 2.46. The largest absolute Gasteiger partial charge is 0.481 e. The molecule has 1 saturated carbocycles. The molecule has 4 nitrogen and oxygen atoms in total. The average Bonchev–Trinajstić information content (AvgIpc) is 2.70. The van der Waals surface area contributed by atoms with Crippen LogP contribution < -0.4 is 5.32 Å². The first kappa shape index (κ1) is 14.8. The molecule has 110 valence electrons. The summed E-state index contributed by atoms with van der Waals surface area (Å²) in [7, 11) is 2.16. The number of carbonyl (C=O) groups is 1. The maximum Gasteiger partial charge on any atom is 0.307 e. The van der Waals surface area contributed by atoms with Crippen molar-refractivity contribution in [2.45, 2.75) is 52.1 Å². The van der Waals surface area contributed by atoms with Crippen LogP contribution in [0.3, 0.4) is 0 Å². The lowest BCUT2D eigenvalue weighted by Crippen LogP contribution is -2.53. The van der Waals surface area contributed by atoms with Crippen molar-refractivity contribution in [2.75, 3.05) is 20.1 Å². The Morgan fingerprint density at radius 2 is 2.00 bits per heavy atom. The topological polar surface area (TPSA) is 52.6 Å². The first-order chi connectivity index (χ1) is 8.82. The summed E-state index contributed by atoms with van der Waals surface area (Å²) in [5.41, 5.74) is -0.133. The molecule has 1 aliphatic heterocycles. The van der Waals surface area contributed by atoms with Gasteiger partial charge in [-0.2, -0.15) is 0 Å². The lowest BCUT2D eigenvalue weighted by atomic mass is 9.61. The molecule has 4 unspecified atom stereocenters. The molecule has 0 aromatic carbocycles. The molecule has 2 N–H and O–H groups in total. The second kappa shape index (κ2) is 5.41. The van der Waals surface area contributed by atoms with Gasteiger partial charge in [-0.25, -0.2) is 0 Å².